The Balaban J connectivity index is 3.52. The highest BCUT2D eigenvalue weighted by molar-refractivity contribution is 7.07. The van der Waals surface area contributed by atoms with Crippen LogP contribution in [0.5, 0.6) is 0 Å². The van der Waals surface area contributed by atoms with E-state index < -0.39 is 0 Å². The van der Waals surface area contributed by atoms with Crippen LogP contribution >= 0.6 is 11.3 Å². The minimum absolute atomic E-state index is 1.31. The molecule has 0 aliphatic heterocycles. The zero-order valence-electron chi connectivity index (χ0n) is 6.92. The average Bonchev–Trinajstić information content (AvgIpc) is 2.33. The summed E-state index contributed by atoms with van der Waals surface area (Å²) in [5, 5.41) is 3.51. The first-order valence-corrected chi connectivity index (χ1v) is 4.50. The Kier molecular flexibility index (Phi) is 2.66. The van der Waals surface area contributed by atoms with Crippen LogP contribution in [0.25, 0.3) is 12.2 Å². The van der Waals surface area contributed by atoms with Crippen LogP contribution in [0.1, 0.15) is 12.5 Å². The second-order valence-corrected chi connectivity index (χ2v) is 3.30. The largest absolute Gasteiger partial charge is 0.144 e. The molecule has 0 amide bonds. The third kappa shape index (κ3) is 1.60. The monoisotopic (exact) mass is 164 g/mol. The predicted molar refractivity (Wildman–Crippen MR) is 53.1 cm³/mol. The molecule has 58 valence electrons. The van der Waals surface area contributed by atoms with Crippen molar-refractivity contribution in [3.8, 4) is 0 Å². The molecular weight excluding hydrogens is 152 g/mol. The number of aryl methyl sites for hydroxylation is 1. The number of thiophene rings is 1. The fourth-order valence-corrected chi connectivity index (χ4v) is 2.09. The molecule has 0 spiro atoms. The van der Waals surface area contributed by atoms with Gasteiger partial charge in [-0.2, -0.15) is 0 Å². The lowest BCUT2D eigenvalue weighted by atomic mass is 10.3. The standard InChI is InChI=1S/C10H12S/c1-4-6-10-9(5-2)8(3)7-11-10/h4-7H,1H2,2-3H3/b9-5-,10-6+. The van der Waals surface area contributed by atoms with Gasteiger partial charge in [0, 0.05) is 4.53 Å². The summed E-state index contributed by atoms with van der Waals surface area (Å²) in [6.07, 6.45) is 6.02. The molecule has 0 aliphatic carbocycles. The van der Waals surface area contributed by atoms with Gasteiger partial charge in [0.25, 0.3) is 0 Å². The maximum Gasteiger partial charge on any atom is 0.0341 e. The van der Waals surface area contributed by atoms with Crippen LogP contribution in [0.3, 0.4) is 0 Å². The van der Waals surface area contributed by atoms with Crippen molar-refractivity contribution >= 4 is 23.5 Å². The smallest absolute Gasteiger partial charge is 0.0341 e. The van der Waals surface area contributed by atoms with Gasteiger partial charge in [0.2, 0.25) is 0 Å². The minimum Gasteiger partial charge on any atom is -0.144 e. The van der Waals surface area contributed by atoms with Crippen molar-refractivity contribution in [2.45, 2.75) is 13.8 Å². The van der Waals surface area contributed by atoms with Gasteiger partial charge in [-0.1, -0.05) is 18.7 Å². The van der Waals surface area contributed by atoms with E-state index >= 15 is 0 Å². The lowest BCUT2D eigenvalue weighted by Crippen LogP contribution is -2.19. The van der Waals surface area contributed by atoms with Crippen molar-refractivity contribution < 1.29 is 0 Å². The molecule has 1 aromatic rings. The van der Waals surface area contributed by atoms with Gasteiger partial charge in [-0.05, 0) is 36.1 Å². The fraction of sp³-hybridized carbons (Fsp3) is 0.200. The van der Waals surface area contributed by atoms with E-state index in [1.54, 1.807) is 11.3 Å². The van der Waals surface area contributed by atoms with Gasteiger partial charge in [0.1, 0.15) is 0 Å². The Bertz CT molecular complexity index is 355. The van der Waals surface area contributed by atoms with Crippen LogP contribution in [0.4, 0.5) is 0 Å². The number of hydrogen-bond acceptors (Lipinski definition) is 1. The van der Waals surface area contributed by atoms with Crippen molar-refractivity contribution in [2.24, 2.45) is 0 Å². The van der Waals surface area contributed by atoms with E-state index in [0.29, 0.717) is 0 Å². The Morgan fingerprint density at radius 2 is 2.27 bits per heavy atom. The van der Waals surface area contributed by atoms with E-state index in [1.165, 1.54) is 15.3 Å². The van der Waals surface area contributed by atoms with Crippen LogP contribution in [0, 0.1) is 6.92 Å². The molecule has 1 rings (SSSR count). The average molecular weight is 164 g/mol. The normalized spacial score (nSPS) is 14.0. The lowest BCUT2D eigenvalue weighted by molar-refractivity contribution is 1.46. The lowest BCUT2D eigenvalue weighted by Gasteiger charge is -1.79. The molecule has 0 bridgehead atoms. The second-order valence-electron chi connectivity index (χ2n) is 2.39. The van der Waals surface area contributed by atoms with Crippen molar-refractivity contribution in [3.63, 3.8) is 0 Å². The quantitative estimate of drug-likeness (QED) is 0.594. The maximum absolute atomic E-state index is 3.68. The Morgan fingerprint density at radius 1 is 1.55 bits per heavy atom. The zero-order valence-corrected chi connectivity index (χ0v) is 7.74. The summed E-state index contributed by atoms with van der Waals surface area (Å²) >= 11 is 1.77. The molecule has 11 heavy (non-hydrogen) atoms. The molecule has 0 saturated heterocycles. The van der Waals surface area contributed by atoms with Crippen molar-refractivity contribution in [3.05, 3.63) is 33.3 Å². The summed E-state index contributed by atoms with van der Waals surface area (Å²) in [4.78, 5) is 0. The summed E-state index contributed by atoms with van der Waals surface area (Å²) < 4.78 is 1.31. The van der Waals surface area contributed by atoms with E-state index in [2.05, 4.69) is 31.9 Å². The fourth-order valence-electron chi connectivity index (χ4n) is 1.08. The van der Waals surface area contributed by atoms with E-state index in [1.807, 2.05) is 12.2 Å². The van der Waals surface area contributed by atoms with Crippen LogP contribution in [-0.4, -0.2) is 0 Å². The first-order valence-electron chi connectivity index (χ1n) is 3.62. The van der Waals surface area contributed by atoms with E-state index in [0.717, 1.165) is 0 Å². The van der Waals surface area contributed by atoms with Crippen molar-refractivity contribution in [2.75, 3.05) is 0 Å². The van der Waals surface area contributed by atoms with Gasteiger partial charge in [0.05, 0.1) is 0 Å². The summed E-state index contributed by atoms with van der Waals surface area (Å²) in [6, 6.07) is 0. The number of rotatable bonds is 1. The van der Waals surface area contributed by atoms with Crippen molar-refractivity contribution in [1.29, 1.82) is 0 Å². The number of allylic oxidation sites excluding steroid dienone is 1. The molecular formula is C10H12S. The Morgan fingerprint density at radius 3 is 2.82 bits per heavy atom. The molecule has 1 aromatic heterocycles. The highest BCUT2D eigenvalue weighted by atomic mass is 32.1. The zero-order chi connectivity index (χ0) is 8.27. The van der Waals surface area contributed by atoms with Crippen LogP contribution in [-0.2, 0) is 0 Å². The number of hydrogen-bond donors (Lipinski definition) is 0. The van der Waals surface area contributed by atoms with Gasteiger partial charge in [-0.3, -0.25) is 0 Å². The first kappa shape index (κ1) is 8.28. The molecule has 0 N–H and O–H groups in total. The highest BCUT2D eigenvalue weighted by Crippen LogP contribution is 1.90. The first-order chi connectivity index (χ1) is 5.29. The van der Waals surface area contributed by atoms with E-state index in [-0.39, 0.29) is 0 Å². The van der Waals surface area contributed by atoms with Gasteiger partial charge < -0.3 is 0 Å². The molecule has 0 atom stereocenters. The van der Waals surface area contributed by atoms with E-state index in [4.69, 9.17) is 0 Å². The molecule has 0 fully saturated rings. The maximum atomic E-state index is 3.68. The summed E-state index contributed by atoms with van der Waals surface area (Å²) in [7, 11) is 0. The Labute approximate surface area is 71.2 Å². The molecule has 1 heterocycles. The summed E-state index contributed by atoms with van der Waals surface area (Å²) in [5.74, 6) is 0. The minimum atomic E-state index is 1.31. The molecule has 0 aliphatic rings. The highest BCUT2D eigenvalue weighted by Gasteiger charge is 1.89. The second kappa shape index (κ2) is 3.54. The molecule has 0 radical (unpaired) electrons. The van der Waals surface area contributed by atoms with Gasteiger partial charge >= 0.3 is 0 Å². The van der Waals surface area contributed by atoms with E-state index in [9.17, 15) is 0 Å². The molecule has 0 saturated carbocycles. The van der Waals surface area contributed by atoms with Gasteiger partial charge in [-0.15, -0.1) is 11.3 Å². The van der Waals surface area contributed by atoms with Crippen molar-refractivity contribution in [1.82, 2.24) is 0 Å². The molecule has 0 aromatic carbocycles. The van der Waals surface area contributed by atoms with Crippen LogP contribution < -0.4 is 9.75 Å². The summed E-state index contributed by atoms with van der Waals surface area (Å²) in [5.41, 5.74) is 1.35. The molecule has 0 unspecified atom stereocenters. The van der Waals surface area contributed by atoms with Gasteiger partial charge in [-0.25, -0.2) is 0 Å². The van der Waals surface area contributed by atoms with Crippen LogP contribution in [0.2, 0.25) is 0 Å². The third-order valence-electron chi connectivity index (χ3n) is 1.61. The molecule has 1 heteroatoms. The van der Waals surface area contributed by atoms with Crippen LogP contribution in [0.15, 0.2) is 18.0 Å². The Hall–Kier alpha value is -0.820. The molecule has 0 nitrogen and oxygen atoms in total. The topological polar surface area (TPSA) is 0 Å². The van der Waals surface area contributed by atoms with Gasteiger partial charge in [0.15, 0.2) is 0 Å². The summed E-state index contributed by atoms with van der Waals surface area (Å²) in [6.45, 7) is 7.87. The third-order valence-corrected chi connectivity index (χ3v) is 2.69. The SMILES string of the molecule is C=C/C=c1/scc(C)/c1=C/C. The predicted octanol–water partition coefficient (Wildman–Crippen LogP) is 1.82.